The van der Waals surface area contributed by atoms with Gasteiger partial charge in [-0.25, -0.2) is 4.79 Å². The molecule has 1 aliphatic rings. The number of hydrogen-bond acceptors (Lipinski definition) is 4. The molecule has 0 aliphatic carbocycles. The van der Waals surface area contributed by atoms with Crippen molar-refractivity contribution < 1.29 is 14.3 Å². The molecule has 27 heavy (non-hydrogen) atoms. The molecule has 1 saturated heterocycles. The van der Waals surface area contributed by atoms with Crippen molar-refractivity contribution in [1.82, 2.24) is 4.90 Å². The van der Waals surface area contributed by atoms with E-state index >= 15 is 0 Å². The molecular weight excluding hydrogens is 360 g/mol. The largest absolute Gasteiger partial charge is 0.445 e. The minimum absolute atomic E-state index is 0.186. The lowest BCUT2D eigenvalue weighted by Crippen LogP contribution is -2.44. The number of thioether (sulfide) groups is 1. The van der Waals surface area contributed by atoms with Crippen molar-refractivity contribution in [1.29, 1.82) is 0 Å². The van der Waals surface area contributed by atoms with Crippen LogP contribution in [-0.2, 0) is 16.1 Å². The van der Waals surface area contributed by atoms with Gasteiger partial charge in [0.15, 0.2) is 0 Å². The molecule has 6 heteroatoms. The van der Waals surface area contributed by atoms with Gasteiger partial charge in [-0.2, -0.15) is 0 Å². The third kappa shape index (κ3) is 5.04. The second-order valence-corrected chi connectivity index (χ2v) is 7.79. The van der Waals surface area contributed by atoms with Gasteiger partial charge < -0.3 is 10.1 Å². The molecule has 0 bridgehead atoms. The maximum Gasteiger partial charge on any atom is 0.411 e. The van der Waals surface area contributed by atoms with Gasteiger partial charge in [-0.05, 0) is 29.2 Å². The van der Waals surface area contributed by atoms with E-state index in [0.29, 0.717) is 17.5 Å². The van der Waals surface area contributed by atoms with E-state index in [0.717, 1.165) is 11.3 Å². The SMILES string of the molecule is CC(C)c1ccc(NC(=O)[C@H]2CSCN2C(=O)OCc2ccccc2)cc1. The summed E-state index contributed by atoms with van der Waals surface area (Å²) >= 11 is 1.55. The van der Waals surface area contributed by atoms with Crippen LogP contribution in [0.3, 0.4) is 0 Å². The van der Waals surface area contributed by atoms with Gasteiger partial charge in [-0.15, -0.1) is 11.8 Å². The van der Waals surface area contributed by atoms with Gasteiger partial charge in [0.25, 0.3) is 0 Å². The van der Waals surface area contributed by atoms with Crippen LogP contribution in [-0.4, -0.2) is 34.6 Å². The molecule has 0 unspecified atom stereocenters. The molecule has 2 amide bonds. The lowest BCUT2D eigenvalue weighted by atomic mass is 10.0. The first-order valence-electron chi connectivity index (χ1n) is 9.00. The molecule has 1 heterocycles. The first-order chi connectivity index (χ1) is 13.0. The van der Waals surface area contributed by atoms with Crippen LogP contribution in [0.4, 0.5) is 10.5 Å². The number of hydrogen-bond donors (Lipinski definition) is 1. The molecule has 0 radical (unpaired) electrons. The van der Waals surface area contributed by atoms with E-state index in [2.05, 4.69) is 19.2 Å². The molecule has 2 aromatic carbocycles. The second-order valence-electron chi connectivity index (χ2n) is 6.79. The van der Waals surface area contributed by atoms with Gasteiger partial charge in [0.1, 0.15) is 12.6 Å². The molecule has 1 N–H and O–H groups in total. The fraction of sp³-hybridized carbons (Fsp3) is 0.333. The van der Waals surface area contributed by atoms with Gasteiger partial charge in [0.05, 0.1) is 5.88 Å². The molecule has 1 atom stereocenters. The van der Waals surface area contributed by atoms with Crippen LogP contribution in [0.15, 0.2) is 54.6 Å². The Labute approximate surface area is 164 Å². The quantitative estimate of drug-likeness (QED) is 0.827. The molecule has 5 nitrogen and oxygen atoms in total. The molecule has 0 saturated carbocycles. The highest BCUT2D eigenvalue weighted by Gasteiger charge is 2.35. The summed E-state index contributed by atoms with van der Waals surface area (Å²) in [5, 5.41) is 2.91. The Morgan fingerprint density at radius 3 is 2.52 bits per heavy atom. The third-order valence-corrected chi connectivity index (χ3v) is 5.48. The molecule has 2 aromatic rings. The summed E-state index contributed by atoms with van der Waals surface area (Å²) in [6.45, 7) is 4.45. The molecule has 142 valence electrons. The minimum Gasteiger partial charge on any atom is -0.445 e. The van der Waals surface area contributed by atoms with Gasteiger partial charge in [-0.3, -0.25) is 9.69 Å². The van der Waals surface area contributed by atoms with Crippen molar-refractivity contribution in [2.45, 2.75) is 32.4 Å². The monoisotopic (exact) mass is 384 g/mol. The van der Waals surface area contributed by atoms with Crippen LogP contribution < -0.4 is 5.32 Å². The molecule has 1 fully saturated rings. The highest BCUT2D eigenvalue weighted by atomic mass is 32.2. The van der Waals surface area contributed by atoms with Gasteiger partial charge in [0, 0.05) is 11.4 Å². The van der Waals surface area contributed by atoms with Crippen LogP contribution in [0, 0.1) is 0 Å². The molecule has 1 aliphatic heterocycles. The van der Waals surface area contributed by atoms with Crippen molar-refractivity contribution in [3.8, 4) is 0 Å². The number of benzene rings is 2. The Bertz CT molecular complexity index is 778. The summed E-state index contributed by atoms with van der Waals surface area (Å²) in [7, 11) is 0. The number of nitrogens with one attached hydrogen (secondary N) is 1. The number of amides is 2. The van der Waals surface area contributed by atoms with E-state index in [1.165, 1.54) is 10.5 Å². The Hall–Kier alpha value is -2.47. The summed E-state index contributed by atoms with van der Waals surface area (Å²) in [5.74, 6) is 1.28. The number of carbonyl (C=O) groups is 2. The number of anilines is 1. The molecular formula is C21H24N2O3S. The summed E-state index contributed by atoms with van der Waals surface area (Å²) in [5.41, 5.74) is 2.87. The first-order valence-corrected chi connectivity index (χ1v) is 10.2. The van der Waals surface area contributed by atoms with E-state index in [1.807, 2.05) is 54.6 Å². The summed E-state index contributed by atoms with van der Waals surface area (Å²) in [6, 6.07) is 16.8. The average Bonchev–Trinajstić information content (AvgIpc) is 3.17. The number of carbonyl (C=O) groups excluding carboxylic acids is 2. The third-order valence-electron chi connectivity index (χ3n) is 4.47. The molecule has 0 spiro atoms. The Balaban J connectivity index is 1.57. The lowest BCUT2D eigenvalue weighted by molar-refractivity contribution is -0.119. The Morgan fingerprint density at radius 2 is 1.85 bits per heavy atom. The van der Waals surface area contributed by atoms with Crippen molar-refractivity contribution >= 4 is 29.4 Å². The zero-order valence-electron chi connectivity index (χ0n) is 15.6. The molecule has 0 aromatic heterocycles. The van der Waals surface area contributed by atoms with Crippen molar-refractivity contribution in [3.05, 3.63) is 65.7 Å². The zero-order valence-corrected chi connectivity index (χ0v) is 16.4. The highest BCUT2D eigenvalue weighted by Crippen LogP contribution is 2.24. The van der Waals surface area contributed by atoms with E-state index in [1.54, 1.807) is 11.8 Å². The fourth-order valence-electron chi connectivity index (χ4n) is 2.82. The number of rotatable bonds is 5. The van der Waals surface area contributed by atoms with Gasteiger partial charge >= 0.3 is 6.09 Å². The topological polar surface area (TPSA) is 58.6 Å². The predicted molar refractivity (Wildman–Crippen MR) is 109 cm³/mol. The Morgan fingerprint density at radius 1 is 1.15 bits per heavy atom. The van der Waals surface area contributed by atoms with Crippen LogP contribution in [0.25, 0.3) is 0 Å². The standard InChI is InChI=1S/C21H24N2O3S/c1-15(2)17-8-10-18(11-9-17)22-20(24)19-13-27-14-23(19)21(25)26-12-16-6-4-3-5-7-16/h3-11,15,19H,12-14H2,1-2H3,(H,22,24)/t19-/m1/s1. The van der Waals surface area contributed by atoms with E-state index in [9.17, 15) is 9.59 Å². The van der Waals surface area contributed by atoms with Crippen LogP contribution in [0.2, 0.25) is 0 Å². The number of nitrogens with zero attached hydrogens (tertiary/aromatic N) is 1. The number of ether oxygens (including phenoxy) is 1. The zero-order chi connectivity index (χ0) is 19.2. The predicted octanol–water partition coefficient (Wildman–Crippen LogP) is 4.46. The van der Waals surface area contributed by atoms with Crippen molar-refractivity contribution in [2.24, 2.45) is 0 Å². The van der Waals surface area contributed by atoms with Crippen molar-refractivity contribution in [2.75, 3.05) is 16.9 Å². The maximum atomic E-state index is 12.6. The summed E-state index contributed by atoms with van der Waals surface area (Å²) < 4.78 is 5.38. The second kappa shape index (κ2) is 8.95. The summed E-state index contributed by atoms with van der Waals surface area (Å²) in [6.07, 6.45) is -0.459. The summed E-state index contributed by atoms with van der Waals surface area (Å²) in [4.78, 5) is 26.6. The van der Waals surface area contributed by atoms with E-state index in [4.69, 9.17) is 4.74 Å². The highest BCUT2D eigenvalue weighted by molar-refractivity contribution is 7.99. The minimum atomic E-state index is -0.525. The van der Waals surface area contributed by atoms with Crippen LogP contribution >= 0.6 is 11.8 Å². The van der Waals surface area contributed by atoms with E-state index < -0.39 is 12.1 Å². The maximum absolute atomic E-state index is 12.6. The fourth-order valence-corrected chi connectivity index (χ4v) is 3.96. The first kappa shape index (κ1) is 19.3. The smallest absolute Gasteiger partial charge is 0.411 e. The molecule has 3 rings (SSSR count). The Kier molecular flexibility index (Phi) is 6.40. The van der Waals surface area contributed by atoms with Gasteiger partial charge in [0.2, 0.25) is 5.91 Å². The van der Waals surface area contributed by atoms with Crippen molar-refractivity contribution in [3.63, 3.8) is 0 Å². The lowest BCUT2D eigenvalue weighted by Gasteiger charge is -2.22. The van der Waals surface area contributed by atoms with E-state index in [-0.39, 0.29) is 12.5 Å². The van der Waals surface area contributed by atoms with Crippen LogP contribution in [0.1, 0.15) is 30.9 Å². The normalized spacial score (nSPS) is 16.4. The van der Waals surface area contributed by atoms with Gasteiger partial charge in [-0.1, -0.05) is 56.3 Å². The average molecular weight is 385 g/mol. The van der Waals surface area contributed by atoms with Crippen LogP contribution in [0.5, 0.6) is 0 Å².